The monoisotopic (exact) mass is 155 g/mol. The van der Waals surface area contributed by atoms with Crippen LogP contribution < -0.4 is 5.73 Å². The number of hydrogen-bond donors (Lipinski definition) is 1. The molecule has 0 bridgehead atoms. The van der Waals surface area contributed by atoms with E-state index in [9.17, 15) is 4.79 Å². The summed E-state index contributed by atoms with van der Waals surface area (Å²) in [7, 11) is 0. The molecule has 0 aromatic carbocycles. The Hall–Kier alpha value is -0.740. The number of nitrogens with zero attached hydrogens (tertiary/aromatic N) is 1. The van der Waals surface area contributed by atoms with Crippen molar-refractivity contribution in [2.24, 2.45) is 5.73 Å². The van der Waals surface area contributed by atoms with Crippen molar-refractivity contribution < 1.29 is 4.79 Å². The van der Waals surface area contributed by atoms with Crippen LogP contribution in [0.2, 0.25) is 0 Å². The molecule has 0 aliphatic carbocycles. The van der Waals surface area contributed by atoms with Gasteiger partial charge in [0.2, 0.25) is 6.29 Å². The molecule has 53 valence electrons. The summed E-state index contributed by atoms with van der Waals surface area (Å²) in [6, 6.07) is -0.500. The van der Waals surface area contributed by atoms with Crippen molar-refractivity contribution >= 4 is 17.6 Å². The van der Waals surface area contributed by atoms with Gasteiger partial charge in [-0.1, -0.05) is 0 Å². The largest absolute Gasteiger partial charge is 0.321 e. The Balaban J connectivity index is 2.47. The van der Waals surface area contributed by atoms with Crippen LogP contribution in [0.3, 0.4) is 0 Å². The maximum absolute atomic E-state index is 9.97. The van der Waals surface area contributed by atoms with Gasteiger partial charge in [-0.3, -0.25) is 9.78 Å². The Morgan fingerprint density at radius 2 is 2.70 bits per heavy atom. The van der Waals surface area contributed by atoms with E-state index in [-0.39, 0.29) is 0 Å². The third kappa shape index (κ3) is 1.89. The Morgan fingerprint density at radius 3 is 3.20 bits per heavy atom. The molecule has 1 radical (unpaired) electrons. The van der Waals surface area contributed by atoms with Gasteiger partial charge >= 0.3 is 0 Å². The molecular formula is C6H7N2OS. The fourth-order valence-electron chi connectivity index (χ4n) is 0.601. The first-order valence-corrected chi connectivity index (χ1v) is 3.71. The van der Waals surface area contributed by atoms with Crippen LogP contribution in [0.15, 0.2) is 11.7 Å². The summed E-state index contributed by atoms with van der Waals surface area (Å²) in [4.78, 5) is 14.8. The third-order valence-electron chi connectivity index (χ3n) is 1.06. The maximum Gasteiger partial charge on any atom is 0.217 e. The van der Waals surface area contributed by atoms with Crippen LogP contribution in [0.4, 0.5) is 0 Å². The number of rotatable bonds is 3. The van der Waals surface area contributed by atoms with E-state index in [1.165, 1.54) is 11.3 Å². The summed E-state index contributed by atoms with van der Waals surface area (Å²) in [5, 5.41) is 0. The molecule has 0 amide bonds. The summed E-state index contributed by atoms with van der Waals surface area (Å²) in [6.45, 7) is 0. The van der Waals surface area contributed by atoms with Crippen LogP contribution in [-0.4, -0.2) is 17.3 Å². The molecule has 0 saturated carbocycles. The lowest BCUT2D eigenvalue weighted by Crippen LogP contribution is -2.23. The third-order valence-corrected chi connectivity index (χ3v) is 1.86. The van der Waals surface area contributed by atoms with Gasteiger partial charge in [0.1, 0.15) is 0 Å². The predicted molar refractivity (Wildman–Crippen MR) is 39.5 cm³/mol. The van der Waals surface area contributed by atoms with Gasteiger partial charge < -0.3 is 5.73 Å². The maximum atomic E-state index is 9.97. The molecule has 2 N–H and O–H groups in total. The summed E-state index contributed by atoms with van der Waals surface area (Å²) >= 11 is 1.50. The number of thiazole rings is 1. The SMILES string of the molecule is N[C@H]([C]=O)Cc1cncs1. The second kappa shape index (κ2) is 3.43. The van der Waals surface area contributed by atoms with Gasteiger partial charge in [0.25, 0.3) is 0 Å². The molecule has 0 fully saturated rings. The summed E-state index contributed by atoms with van der Waals surface area (Å²) < 4.78 is 0. The first-order chi connectivity index (χ1) is 4.83. The van der Waals surface area contributed by atoms with Crippen molar-refractivity contribution in [1.29, 1.82) is 0 Å². The van der Waals surface area contributed by atoms with Gasteiger partial charge in [0, 0.05) is 17.5 Å². The zero-order valence-electron chi connectivity index (χ0n) is 5.28. The molecule has 0 aliphatic rings. The molecule has 1 aromatic rings. The summed E-state index contributed by atoms with van der Waals surface area (Å²) in [6.07, 6.45) is 3.97. The van der Waals surface area contributed by atoms with Crippen molar-refractivity contribution in [2.45, 2.75) is 12.5 Å². The molecule has 0 spiro atoms. The second-order valence-corrected chi connectivity index (χ2v) is 2.87. The average Bonchev–Trinajstić information content (AvgIpc) is 2.40. The zero-order valence-corrected chi connectivity index (χ0v) is 6.10. The van der Waals surface area contributed by atoms with Crippen molar-refractivity contribution in [1.82, 2.24) is 4.98 Å². The van der Waals surface area contributed by atoms with Crippen molar-refractivity contribution in [3.8, 4) is 0 Å². The van der Waals surface area contributed by atoms with Gasteiger partial charge in [0.15, 0.2) is 0 Å². The van der Waals surface area contributed by atoms with E-state index < -0.39 is 6.04 Å². The quantitative estimate of drug-likeness (QED) is 0.674. The number of aromatic nitrogens is 1. The molecule has 4 heteroatoms. The van der Waals surface area contributed by atoms with Crippen LogP contribution >= 0.6 is 11.3 Å². The first-order valence-electron chi connectivity index (χ1n) is 2.83. The van der Waals surface area contributed by atoms with E-state index in [1.54, 1.807) is 18.0 Å². The molecule has 1 heterocycles. The fourth-order valence-corrected chi connectivity index (χ4v) is 1.26. The molecule has 0 aliphatic heterocycles. The number of hydrogen-bond acceptors (Lipinski definition) is 4. The van der Waals surface area contributed by atoms with Gasteiger partial charge in [0.05, 0.1) is 11.6 Å². The standard InChI is InChI=1S/C6H7N2OS/c7-5(3-9)1-6-2-8-4-10-6/h2,4-5H,1,7H2/t5-/m0/s1. The molecule has 3 nitrogen and oxygen atoms in total. The lowest BCUT2D eigenvalue weighted by Gasteiger charge is -1.96. The molecule has 1 rings (SSSR count). The van der Waals surface area contributed by atoms with E-state index >= 15 is 0 Å². The lowest BCUT2D eigenvalue weighted by molar-refractivity contribution is 0.541. The smallest absolute Gasteiger partial charge is 0.217 e. The second-order valence-electron chi connectivity index (χ2n) is 1.90. The van der Waals surface area contributed by atoms with Crippen LogP contribution in [0.1, 0.15) is 4.88 Å². The van der Waals surface area contributed by atoms with E-state index in [1.807, 2.05) is 0 Å². The van der Waals surface area contributed by atoms with Gasteiger partial charge in [-0.2, -0.15) is 0 Å². The normalized spacial score (nSPS) is 12.9. The van der Waals surface area contributed by atoms with Crippen LogP contribution in [0.25, 0.3) is 0 Å². The predicted octanol–water partition coefficient (Wildman–Crippen LogP) is 0.123. The highest BCUT2D eigenvalue weighted by molar-refractivity contribution is 7.09. The molecule has 1 aromatic heterocycles. The van der Waals surface area contributed by atoms with E-state index in [4.69, 9.17) is 5.73 Å². The fraction of sp³-hybridized carbons (Fsp3) is 0.333. The summed E-state index contributed by atoms with van der Waals surface area (Å²) in [5.41, 5.74) is 7.03. The van der Waals surface area contributed by atoms with E-state index in [0.717, 1.165) is 4.88 Å². The Labute approximate surface area is 62.9 Å². The van der Waals surface area contributed by atoms with Gasteiger partial charge in [-0.15, -0.1) is 11.3 Å². The number of carbonyl (C=O) groups excluding carboxylic acids is 1. The molecule has 0 saturated heterocycles. The van der Waals surface area contributed by atoms with Crippen molar-refractivity contribution in [3.63, 3.8) is 0 Å². The topological polar surface area (TPSA) is 56.0 Å². The highest BCUT2D eigenvalue weighted by atomic mass is 32.1. The Kier molecular flexibility index (Phi) is 2.53. The van der Waals surface area contributed by atoms with Crippen LogP contribution in [0.5, 0.6) is 0 Å². The minimum Gasteiger partial charge on any atom is -0.321 e. The van der Waals surface area contributed by atoms with Crippen LogP contribution in [0, 0.1) is 0 Å². The molecule has 0 unspecified atom stereocenters. The highest BCUT2D eigenvalue weighted by Gasteiger charge is 2.03. The highest BCUT2D eigenvalue weighted by Crippen LogP contribution is 2.06. The lowest BCUT2D eigenvalue weighted by atomic mass is 10.2. The van der Waals surface area contributed by atoms with Gasteiger partial charge in [-0.05, 0) is 0 Å². The van der Waals surface area contributed by atoms with E-state index in [0.29, 0.717) is 6.42 Å². The molecular weight excluding hydrogens is 148 g/mol. The van der Waals surface area contributed by atoms with Gasteiger partial charge in [-0.25, -0.2) is 0 Å². The summed E-state index contributed by atoms with van der Waals surface area (Å²) in [5.74, 6) is 0. The Morgan fingerprint density at radius 1 is 1.90 bits per heavy atom. The molecule has 1 atom stereocenters. The zero-order chi connectivity index (χ0) is 7.40. The van der Waals surface area contributed by atoms with E-state index in [2.05, 4.69) is 4.98 Å². The van der Waals surface area contributed by atoms with Crippen LogP contribution in [-0.2, 0) is 11.2 Å². The van der Waals surface area contributed by atoms with Crippen molar-refractivity contribution in [2.75, 3.05) is 0 Å². The first kappa shape index (κ1) is 7.37. The molecule has 10 heavy (non-hydrogen) atoms. The van der Waals surface area contributed by atoms with Crippen molar-refractivity contribution in [3.05, 3.63) is 16.6 Å². The minimum absolute atomic E-state index is 0.500. The average molecular weight is 155 g/mol. The minimum atomic E-state index is -0.500. The number of nitrogens with two attached hydrogens (primary N) is 1. The Bertz CT molecular complexity index is 198.